The lowest BCUT2D eigenvalue weighted by atomic mass is 9.97. The van der Waals surface area contributed by atoms with Crippen LogP contribution in [0.1, 0.15) is 0 Å². The molecule has 65 heavy (non-hydrogen) atoms. The van der Waals surface area contributed by atoms with Gasteiger partial charge in [0.1, 0.15) is 0 Å². The van der Waals surface area contributed by atoms with Gasteiger partial charge in [0, 0.05) is 65.7 Å². The van der Waals surface area contributed by atoms with Gasteiger partial charge >= 0.3 is 0 Å². The molecule has 302 valence electrons. The lowest BCUT2D eigenvalue weighted by Gasteiger charge is -2.17. The highest BCUT2D eigenvalue weighted by molar-refractivity contribution is 6.26. The molecule has 0 unspecified atom stereocenters. The second kappa shape index (κ2) is 13.9. The first-order valence-electron chi connectivity index (χ1n) is 22.3. The number of aromatic nitrogens is 4. The van der Waals surface area contributed by atoms with Crippen molar-refractivity contribution in [3.05, 3.63) is 231 Å². The van der Waals surface area contributed by atoms with E-state index in [0.717, 1.165) is 66.8 Å². The predicted octanol–water partition coefficient (Wildman–Crippen LogP) is 16.0. The zero-order valence-corrected chi connectivity index (χ0v) is 35.2. The lowest BCUT2D eigenvalue weighted by Crippen LogP contribution is -2.00. The highest BCUT2D eigenvalue weighted by Gasteiger charge is 2.21. The Balaban J connectivity index is 1.02. The Morgan fingerprint density at radius 1 is 0.262 bits per heavy atom. The Hall–Kier alpha value is -8.73. The van der Waals surface area contributed by atoms with Crippen molar-refractivity contribution in [2.24, 2.45) is 0 Å². The third-order valence-electron chi connectivity index (χ3n) is 13.6. The number of benzene rings is 10. The number of para-hydroxylation sites is 6. The van der Waals surface area contributed by atoms with E-state index in [-0.39, 0.29) is 0 Å². The second-order valence-electron chi connectivity index (χ2n) is 17.1. The van der Waals surface area contributed by atoms with E-state index < -0.39 is 0 Å². The Kier molecular flexibility index (Phi) is 7.65. The molecule has 0 N–H and O–H groups in total. The van der Waals surface area contributed by atoms with Gasteiger partial charge in [-0.1, -0.05) is 164 Å². The summed E-state index contributed by atoms with van der Waals surface area (Å²) in [4.78, 5) is 5.40. The van der Waals surface area contributed by atoms with Crippen molar-refractivity contribution in [1.29, 1.82) is 0 Å². The molecule has 0 amide bonds. The van der Waals surface area contributed by atoms with Crippen molar-refractivity contribution in [2.45, 2.75) is 0 Å². The van der Waals surface area contributed by atoms with E-state index in [4.69, 9.17) is 4.98 Å². The van der Waals surface area contributed by atoms with E-state index in [0.29, 0.717) is 0 Å². The van der Waals surface area contributed by atoms with Crippen molar-refractivity contribution in [3.63, 3.8) is 0 Å². The van der Waals surface area contributed by atoms with Crippen LogP contribution in [0.5, 0.6) is 0 Å². The molecule has 0 spiro atoms. The molecule has 0 saturated carbocycles. The third-order valence-corrected chi connectivity index (χ3v) is 13.6. The fraction of sp³-hybridized carbons (Fsp3) is 0. The average Bonchev–Trinajstić information content (AvgIpc) is 4.02. The number of rotatable bonds is 5. The van der Waals surface area contributed by atoms with Crippen molar-refractivity contribution in [2.75, 3.05) is 0 Å². The van der Waals surface area contributed by atoms with Gasteiger partial charge in [-0.25, -0.2) is 4.98 Å². The van der Waals surface area contributed by atoms with E-state index in [9.17, 15) is 0 Å². The number of hydrogen-bond acceptors (Lipinski definition) is 1. The van der Waals surface area contributed by atoms with Crippen molar-refractivity contribution < 1.29 is 0 Å². The normalized spacial score (nSPS) is 12.0. The van der Waals surface area contributed by atoms with Crippen LogP contribution in [0.2, 0.25) is 0 Å². The smallest absolute Gasteiger partial charge is 0.0809 e. The Morgan fingerprint density at radius 3 is 1.23 bits per heavy atom. The second-order valence-corrected chi connectivity index (χ2v) is 17.1. The molecule has 10 aromatic carbocycles. The molecule has 0 atom stereocenters. The van der Waals surface area contributed by atoms with E-state index in [1.165, 1.54) is 59.8 Å². The van der Waals surface area contributed by atoms with Crippen molar-refractivity contribution in [3.8, 4) is 39.4 Å². The molecule has 0 aliphatic carbocycles. The van der Waals surface area contributed by atoms with Gasteiger partial charge in [0.25, 0.3) is 0 Å². The van der Waals surface area contributed by atoms with Crippen LogP contribution < -0.4 is 0 Å². The molecule has 4 heterocycles. The number of nitrogens with zero attached hydrogens (tertiary/aromatic N) is 4. The highest BCUT2D eigenvalue weighted by atomic mass is 15.0. The van der Waals surface area contributed by atoms with Crippen LogP contribution in [0.15, 0.2) is 231 Å². The molecule has 14 rings (SSSR count). The van der Waals surface area contributed by atoms with Crippen molar-refractivity contribution >= 4 is 87.1 Å². The standard InChI is InChI=1S/C61H38N4/c1-2-16-40(17-3-1)60-59-51(45-18-4-10-24-53(45)62-60)34-35-52-50-23-9-15-29-58(50)65(61(52)59)42-32-30-39(31-33-42)41-36-43(63-54-25-11-5-19-46(54)47-20-6-12-26-55(47)63)38-44(37-41)64-56-27-13-7-21-48(56)49-22-8-14-28-57(49)64/h1-38H. The minimum Gasteiger partial charge on any atom is -0.309 e. The van der Waals surface area contributed by atoms with Crippen LogP contribution in [-0.2, 0) is 0 Å². The van der Waals surface area contributed by atoms with Crippen LogP contribution in [0.3, 0.4) is 0 Å². The molecule has 0 saturated heterocycles. The maximum absolute atomic E-state index is 5.40. The van der Waals surface area contributed by atoms with E-state index in [1.807, 2.05) is 0 Å². The van der Waals surface area contributed by atoms with E-state index in [2.05, 4.69) is 244 Å². The summed E-state index contributed by atoms with van der Waals surface area (Å²) in [6.07, 6.45) is 0. The van der Waals surface area contributed by atoms with Crippen LogP contribution in [0.4, 0.5) is 0 Å². The number of hydrogen-bond donors (Lipinski definition) is 0. The first kappa shape index (κ1) is 35.8. The average molecular weight is 827 g/mol. The third kappa shape index (κ3) is 5.28. The fourth-order valence-electron chi connectivity index (χ4n) is 10.8. The summed E-state index contributed by atoms with van der Waals surface area (Å²) in [5.74, 6) is 0. The molecule has 0 aliphatic rings. The molecule has 0 fully saturated rings. The van der Waals surface area contributed by atoms with Gasteiger partial charge in [0.15, 0.2) is 0 Å². The molecule has 0 bridgehead atoms. The van der Waals surface area contributed by atoms with E-state index in [1.54, 1.807) is 0 Å². The summed E-state index contributed by atoms with van der Waals surface area (Å²) < 4.78 is 7.33. The summed E-state index contributed by atoms with van der Waals surface area (Å²) >= 11 is 0. The molecule has 14 aromatic rings. The first-order chi connectivity index (χ1) is 32.3. The molecular formula is C61H38N4. The van der Waals surface area contributed by atoms with E-state index >= 15 is 0 Å². The van der Waals surface area contributed by atoms with Crippen LogP contribution in [0, 0.1) is 0 Å². The van der Waals surface area contributed by atoms with Gasteiger partial charge in [-0.05, 0) is 83.2 Å². The molecule has 4 aromatic heterocycles. The summed E-state index contributed by atoms with van der Waals surface area (Å²) in [7, 11) is 0. The maximum Gasteiger partial charge on any atom is 0.0809 e. The van der Waals surface area contributed by atoms with Gasteiger partial charge in [0.2, 0.25) is 0 Å². The van der Waals surface area contributed by atoms with Gasteiger partial charge in [-0.2, -0.15) is 0 Å². The summed E-state index contributed by atoms with van der Waals surface area (Å²) in [5, 5.41) is 10.9. The Bertz CT molecular complexity index is 3990. The minimum absolute atomic E-state index is 0.991. The zero-order valence-electron chi connectivity index (χ0n) is 35.2. The van der Waals surface area contributed by atoms with Gasteiger partial charge < -0.3 is 13.7 Å². The summed E-state index contributed by atoms with van der Waals surface area (Å²) in [6, 6.07) is 83.9. The highest BCUT2D eigenvalue weighted by Crippen LogP contribution is 2.43. The SMILES string of the molecule is c1ccc(-c2nc3ccccc3c3ccc4c5ccccc5n(-c5ccc(-c6cc(-n7c8ccccc8c8ccccc87)cc(-n7c8ccccc8c8ccccc87)c6)cc5)c4c23)cc1. The Labute approximate surface area is 374 Å². The fourth-order valence-corrected chi connectivity index (χ4v) is 10.8. The molecule has 0 aliphatic heterocycles. The first-order valence-corrected chi connectivity index (χ1v) is 22.3. The molecule has 4 nitrogen and oxygen atoms in total. The summed E-state index contributed by atoms with van der Waals surface area (Å²) in [6.45, 7) is 0. The molecule has 4 heteroatoms. The van der Waals surface area contributed by atoms with Crippen LogP contribution >= 0.6 is 0 Å². The van der Waals surface area contributed by atoms with Crippen LogP contribution in [-0.4, -0.2) is 18.7 Å². The maximum atomic E-state index is 5.40. The number of pyridine rings is 1. The quantitative estimate of drug-likeness (QED) is 0.159. The van der Waals surface area contributed by atoms with Gasteiger partial charge in [0.05, 0.1) is 44.3 Å². The van der Waals surface area contributed by atoms with Crippen molar-refractivity contribution in [1.82, 2.24) is 18.7 Å². The predicted molar refractivity (Wildman–Crippen MR) is 273 cm³/mol. The minimum atomic E-state index is 0.991. The number of fused-ring (bicyclic) bond motifs is 13. The summed E-state index contributed by atoms with van der Waals surface area (Å²) in [5.41, 5.74) is 15.8. The van der Waals surface area contributed by atoms with Crippen LogP contribution in [0.25, 0.3) is 127 Å². The Morgan fingerprint density at radius 2 is 0.692 bits per heavy atom. The zero-order chi connectivity index (χ0) is 42.6. The molecular weight excluding hydrogens is 789 g/mol. The van der Waals surface area contributed by atoms with Gasteiger partial charge in [-0.3, -0.25) is 0 Å². The monoisotopic (exact) mass is 826 g/mol. The molecule has 0 radical (unpaired) electrons. The van der Waals surface area contributed by atoms with Gasteiger partial charge in [-0.15, -0.1) is 0 Å². The lowest BCUT2D eigenvalue weighted by molar-refractivity contribution is 1.13. The topological polar surface area (TPSA) is 27.7 Å². The largest absolute Gasteiger partial charge is 0.309 e.